The molecule has 7 nitrogen and oxygen atoms in total. The first-order valence-electron chi connectivity index (χ1n) is 9.93. The number of aromatic nitrogens is 2. The Morgan fingerprint density at radius 2 is 2.03 bits per heavy atom. The van der Waals surface area contributed by atoms with Gasteiger partial charge in [0, 0.05) is 18.7 Å². The van der Waals surface area contributed by atoms with Crippen LogP contribution in [-0.4, -0.2) is 43.3 Å². The SMILES string of the molecule is COc1ccc(-c2nc3n(c2C(=O)NCCC2=CCCCC2)CCS3(=O)=O)cc1. The second kappa shape index (κ2) is 8.02. The van der Waals surface area contributed by atoms with Crippen molar-refractivity contribution >= 4 is 15.7 Å². The predicted molar refractivity (Wildman–Crippen MR) is 110 cm³/mol. The van der Waals surface area contributed by atoms with E-state index in [1.54, 1.807) is 31.4 Å². The number of allylic oxidation sites excluding steroid dienone is 1. The Kier molecular flexibility index (Phi) is 5.45. The Labute approximate surface area is 170 Å². The van der Waals surface area contributed by atoms with Crippen molar-refractivity contribution in [3.63, 3.8) is 0 Å². The van der Waals surface area contributed by atoms with Gasteiger partial charge in [-0.1, -0.05) is 11.6 Å². The predicted octanol–water partition coefficient (Wildman–Crippen LogP) is 2.97. The summed E-state index contributed by atoms with van der Waals surface area (Å²) in [7, 11) is -1.88. The zero-order chi connectivity index (χ0) is 20.4. The van der Waals surface area contributed by atoms with Crippen LogP contribution in [0, 0.1) is 0 Å². The second-order valence-corrected chi connectivity index (χ2v) is 9.41. The largest absolute Gasteiger partial charge is 0.497 e. The molecule has 1 aliphatic heterocycles. The fourth-order valence-corrected chi connectivity index (χ4v) is 5.27. The number of amides is 1. The summed E-state index contributed by atoms with van der Waals surface area (Å²) in [5, 5.41) is 2.94. The van der Waals surface area contributed by atoms with Crippen molar-refractivity contribution in [1.82, 2.24) is 14.9 Å². The van der Waals surface area contributed by atoms with Gasteiger partial charge in [0.2, 0.25) is 15.0 Å². The molecule has 4 rings (SSSR count). The van der Waals surface area contributed by atoms with E-state index >= 15 is 0 Å². The fourth-order valence-electron chi connectivity index (χ4n) is 3.91. The zero-order valence-electron chi connectivity index (χ0n) is 16.5. The van der Waals surface area contributed by atoms with E-state index in [-0.39, 0.29) is 23.4 Å². The number of rotatable bonds is 6. The van der Waals surface area contributed by atoms with Crippen LogP contribution >= 0.6 is 0 Å². The highest BCUT2D eigenvalue weighted by Crippen LogP contribution is 2.31. The van der Waals surface area contributed by atoms with Gasteiger partial charge in [-0.3, -0.25) is 4.79 Å². The van der Waals surface area contributed by atoms with Crippen molar-refractivity contribution in [2.24, 2.45) is 0 Å². The molecule has 0 fully saturated rings. The van der Waals surface area contributed by atoms with Gasteiger partial charge in [0.05, 0.1) is 12.9 Å². The van der Waals surface area contributed by atoms with Crippen LogP contribution in [-0.2, 0) is 16.4 Å². The molecule has 0 bridgehead atoms. The van der Waals surface area contributed by atoms with Crippen molar-refractivity contribution in [3.05, 3.63) is 41.6 Å². The maximum atomic E-state index is 13.0. The maximum Gasteiger partial charge on any atom is 0.270 e. The summed E-state index contributed by atoms with van der Waals surface area (Å²) in [4.78, 5) is 17.4. The van der Waals surface area contributed by atoms with Crippen molar-refractivity contribution < 1.29 is 17.9 Å². The van der Waals surface area contributed by atoms with E-state index in [0.29, 0.717) is 29.2 Å². The molecule has 1 amide bonds. The van der Waals surface area contributed by atoms with Crippen molar-refractivity contribution in [3.8, 4) is 17.0 Å². The molecule has 1 aliphatic carbocycles. The highest BCUT2D eigenvalue weighted by Gasteiger charge is 2.35. The summed E-state index contributed by atoms with van der Waals surface area (Å²) in [6.07, 6.45) is 7.73. The number of hydrogen-bond acceptors (Lipinski definition) is 5. The quantitative estimate of drug-likeness (QED) is 0.733. The summed E-state index contributed by atoms with van der Waals surface area (Å²) in [5.41, 5.74) is 2.76. The Morgan fingerprint density at radius 1 is 1.24 bits per heavy atom. The highest BCUT2D eigenvalue weighted by atomic mass is 32.2. The number of sulfone groups is 1. The summed E-state index contributed by atoms with van der Waals surface area (Å²) in [6, 6.07) is 7.11. The number of benzene rings is 1. The van der Waals surface area contributed by atoms with Crippen molar-refractivity contribution in [1.29, 1.82) is 0 Å². The Balaban J connectivity index is 1.62. The lowest BCUT2D eigenvalue weighted by atomic mass is 9.97. The van der Waals surface area contributed by atoms with Crippen LogP contribution in [0.1, 0.15) is 42.6 Å². The minimum Gasteiger partial charge on any atom is -0.497 e. The average molecular weight is 416 g/mol. The number of methoxy groups -OCH3 is 1. The molecule has 0 saturated heterocycles. The first kappa shape index (κ1) is 19.7. The lowest BCUT2D eigenvalue weighted by Gasteiger charge is -2.13. The van der Waals surface area contributed by atoms with E-state index in [9.17, 15) is 13.2 Å². The van der Waals surface area contributed by atoms with Crippen molar-refractivity contribution in [2.75, 3.05) is 19.4 Å². The molecule has 0 radical (unpaired) electrons. The zero-order valence-corrected chi connectivity index (χ0v) is 17.3. The molecular weight excluding hydrogens is 390 g/mol. The van der Waals surface area contributed by atoms with E-state index < -0.39 is 9.84 Å². The minimum absolute atomic E-state index is 0.0224. The number of imidazole rings is 1. The first-order valence-corrected chi connectivity index (χ1v) is 11.6. The molecule has 2 heterocycles. The molecule has 1 N–H and O–H groups in total. The third kappa shape index (κ3) is 3.94. The van der Waals surface area contributed by atoms with Crippen LogP contribution in [0.4, 0.5) is 0 Å². The number of nitrogens with one attached hydrogen (secondary N) is 1. The minimum atomic E-state index is -3.46. The number of nitrogens with zero attached hydrogens (tertiary/aromatic N) is 2. The maximum absolute atomic E-state index is 13.0. The lowest BCUT2D eigenvalue weighted by molar-refractivity contribution is 0.0945. The van der Waals surface area contributed by atoms with E-state index in [1.807, 2.05) is 0 Å². The second-order valence-electron chi connectivity index (χ2n) is 7.40. The summed E-state index contributed by atoms with van der Waals surface area (Å²) < 4.78 is 31.4. The molecular formula is C21H25N3O4S. The van der Waals surface area contributed by atoms with Gasteiger partial charge >= 0.3 is 0 Å². The van der Waals surface area contributed by atoms with Gasteiger partial charge in [-0.15, -0.1) is 0 Å². The number of ether oxygens (including phenoxy) is 1. The van der Waals surface area contributed by atoms with Crippen LogP contribution in [0.2, 0.25) is 0 Å². The van der Waals surface area contributed by atoms with Gasteiger partial charge in [0.15, 0.2) is 0 Å². The Bertz CT molecular complexity index is 1050. The van der Waals surface area contributed by atoms with Gasteiger partial charge in [0.1, 0.15) is 17.1 Å². The van der Waals surface area contributed by atoms with Gasteiger partial charge in [-0.2, -0.15) is 0 Å². The van der Waals surface area contributed by atoms with Crippen LogP contribution in [0.5, 0.6) is 5.75 Å². The van der Waals surface area contributed by atoms with Crippen molar-refractivity contribution in [2.45, 2.75) is 43.8 Å². The first-order chi connectivity index (χ1) is 14.0. The van der Waals surface area contributed by atoms with E-state index in [2.05, 4.69) is 16.4 Å². The molecule has 0 unspecified atom stereocenters. The van der Waals surface area contributed by atoms with Gasteiger partial charge in [-0.05, 0) is 56.4 Å². The number of carbonyl (C=O) groups is 1. The van der Waals surface area contributed by atoms with Crippen LogP contribution < -0.4 is 10.1 Å². The summed E-state index contributed by atoms with van der Waals surface area (Å²) in [5.74, 6) is 0.369. The normalized spacial score (nSPS) is 17.5. The monoisotopic (exact) mass is 415 g/mol. The summed E-state index contributed by atoms with van der Waals surface area (Å²) >= 11 is 0. The molecule has 0 saturated carbocycles. The van der Waals surface area contributed by atoms with Gasteiger partial charge in [-0.25, -0.2) is 13.4 Å². The number of fused-ring (bicyclic) bond motifs is 1. The summed E-state index contributed by atoms with van der Waals surface area (Å²) in [6.45, 7) is 0.773. The van der Waals surface area contributed by atoms with Crippen LogP contribution in [0.3, 0.4) is 0 Å². The van der Waals surface area contributed by atoms with E-state index in [0.717, 1.165) is 19.3 Å². The molecule has 1 aromatic heterocycles. The molecule has 1 aromatic carbocycles. The average Bonchev–Trinajstić information content (AvgIpc) is 3.26. The van der Waals surface area contributed by atoms with E-state index in [4.69, 9.17) is 4.74 Å². The number of hydrogen-bond donors (Lipinski definition) is 1. The molecule has 0 atom stereocenters. The van der Waals surface area contributed by atoms with Gasteiger partial charge < -0.3 is 14.6 Å². The standard InChI is InChI=1S/C21H25N3O4S/c1-28-17-9-7-16(8-10-17)18-19(24-13-14-29(26,27)21(24)23-18)20(25)22-12-11-15-5-3-2-4-6-15/h5,7-10H,2-4,6,11-14H2,1H3,(H,22,25). The third-order valence-corrected chi connectivity index (χ3v) is 7.08. The molecule has 2 aliphatic rings. The Morgan fingerprint density at radius 3 is 2.72 bits per heavy atom. The number of carbonyl (C=O) groups excluding carboxylic acids is 1. The van der Waals surface area contributed by atoms with Gasteiger partial charge in [0.25, 0.3) is 5.91 Å². The molecule has 154 valence electrons. The molecule has 8 heteroatoms. The fraction of sp³-hybridized carbons (Fsp3) is 0.429. The molecule has 0 spiro atoms. The third-order valence-electron chi connectivity index (χ3n) is 5.49. The highest BCUT2D eigenvalue weighted by molar-refractivity contribution is 7.91. The Hall–Kier alpha value is -2.61. The molecule has 29 heavy (non-hydrogen) atoms. The molecule has 2 aromatic rings. The smallest absolute Gasteiger partial charge is 0.270 e. The van der Waals surface area contributed by atoms with Crippen LogP contribution in [0.25, 0.3) is 11.3 Å². The lowest BCUT2D eigenvalue weighted by Crippen LogP contribution is -2.27. The van der Waals surface area contributed by atoms with Crippen LogP contribution in [0.15, 0.2) is 41.1 Å². The van der Waals surface area contributed by atoms with E-state index in [1.165, 1.54) is 23.0 Å². The topological polar surface area (TPSA) is 90.3 Å².